The van der Waals surface area contributed by atoms with E-state index in [4.69, 9.17) is 0 Å². The first kappa shape index (κ1) is 28.6. The van der Waals surface area contributed by atoms with E-state index in [2.05, 4.69) is 54.9 Å². The van der Waals surface area contributed by atoms with Crippen LogP contribution in [0.3, 0.4) is 0 Å². The van der Waals surface area contributed by atoms with Gasteiger partial charge in [-0.15, -0.1) is 0 Å². The van der Waals surface area contributed by atoms with Crippen molar-refractivity contribution in [1.29, 1.82) is 0 Å². The highest BCUT2D eigenvalue weighted by Crippen LogP contribution is 2.34. The van der Waals surface area contributed by atoms with Crippen LogP contribution in [0.2, 0.25) is 0 Å². The zero-order chi connectivity index (χ0) is 27.6. The van der Waals surface area contributed by atoms with Crippen LogP contribution in [-0.2, 0) is 6.42 Å². The Balaban J connectivity index is 1.28. The largest absolute Gasteiger partial charge is 0.204 e. The van der Waals surface area contributed by atoms with Crippen molar-refractivity contribution < 1.29 is 13.2 Å². The number of aryl methyl sites for hydroxylation is 2. The first-order valence-electron chi connectivity index (χ1n) is 14.3. The molecule has 0 radical (unpaired) electrons. The van der Waals surface area contributed by atoms with Gasteiger partial charge in [0.05, 0.1) is 0 Å². The highest BCUT2D eigenvalue weighted by atomic mass is 19.2. The Hall–Kier alpha value is -3.43. The van der Waals surface area contributed by atoms with Crippen molar-refractivity contribution in [3.63, 3.8) is 0 Å². The topological polar surface area (TPSA) is 0 Å². The van der Waals surface area contributed by atoms with Crippen LogP contribution < -0.4 is 0 Å². The Morgan fingerprint density at radius 3 is 1.90 bits per heavy atom. The van der Waals surface area contributed by atoms with Crippen LogP contribution in [0.4, 0.5) is 13.2 Å². The summed E-state index contributed by atoms with van der Waals surface area (Å²) in [5.41, 5.74) is 4.94. The minimum absolute atomic E-state index is 0.0864. The Kier molecular flexibility index (Phi) is 10.3. The molecular formula is C36H37F3. The van der Waals surface area contributed by atoms with E-state index in [1.165, 1.54) is 63.4 Å². The van der Waals surface area contributed by atoms with E-state index in [0.717, 1.165) is 52.6 Å². The van der Waals surface area contributed by atoms with Gasteiger partial charge in [0.1, 0.15) is 0 Å². The molecule has 0 nitrogen and oxygen atoms in total. The summed E-state index contributed by atoms with van der Waals surface area (Å²) in [5.74, 6) is 9.92. The molecule has 1 saturated carbocycles. The summed E-state index contributed by atoms with van der Waals surface area (Å²) in [5, 5.41) is 0. The van der Waals surface area contributed by atoms with Gasteiger partial charge >= 0.3 is 0 Å². The van der Waals surface area contributed by atoms with Crippen molar-refractivity contribution in [2.75, 3.05) is 0 Å². The van der Waals surface area contributed by atoms with Crippen LogP contribution in [0, 0.1) is 59.9 Å². The number of hydrogen-bond donors (Lipinski definition) is 0. The lowest BCUT2D eigenvalue weighted by Crippen LogP contribution is -2.15. The minimum Gasteiger partial charge on any atom is -0.204 e. The SMILES string of the molecule is CCCCCC1CCC(CCc2ccc(C#Cc3ccc(C#Cc4cc(F)c(F)c(F)c4)c(C)c3)cc2)CC1. The first-order chi connectivity index (χ1) is 18.9. The van der Waals surface area contributed by atoms with Gasteiger partial charge < -0.3 is 0 Å². The average molecular weight is 527 g/mol. The van der Waals surface area contributed by atoms with E-state index < -0.39 is 17.5 Å². The maximum atomic E-state index is 13.4. The normalized spacial score (nSPS) is 16.6. The third-order valence-electron chi connectivity index (χ3n) is 7.88. The Bertz CT molecular complexity index is 1350. The van der Waals surface area contributed by atoms with Crippen molar-refractivity contribution >= 4 is 0 Å². The maximum Gasteiger partial charge on any atom is 0.194 e. The second-order valence-electron chi connectivity index (χ2n) is 10.9. The Morgan fingerprint density at radius 1 is 0.667 bits per heavy atom. The monoisotopic (exact) mass is 526 g/mol. The smallest absolute Gasteiger partial charge is 0.194 e. The molecule has 4 rings (SSSR count). The third kappa shape index (κ3) is 8.53. The van der Waals surface area contributed by atoms with Crippen LogP contribution in [0.25, 0.3) is 0 Å². The summed E-state index contributed by atoms with van der Waals surface area (Å²) >= 11 is 0. The van der Waals surface area contributed by atoms with Gasteiger partial charge in [-0.2, -0.15) is 0 Å². The quantitative estimate of drug-likeness (QED) is 0.163. The molecule has 0 aromatic heterocycles. The summed E-state index contributed by atoms with van der Waals surface area (Å²) in [4.78, 5) is 0. The minimum atomic E-state index is -1.49. The van der Waals surface area contributed by atoms with E-state index in [0.29, 0.717) is 0 Å². The molecule has 0 bridgehead atoms. The molecule has 0 saturated heterocycles. The van der Waals surface area contributed by atoms with Crippen LogP contribution >= 0.6 is 0 Å². The highest BCUT2D eigenvalue weighted by Gasteiger charge is 2.20. The van der Waals surface area contributed by atoms with Gasteiger partial charge in [0.25, 0.3) is 0 Å². The second-order valence-corrected chi connectivity index (χ2v) is 10.9. The molecule has 39 heavy (non-hydrogen) atoms. The van der Waals surface area contributed by atoms with Gasteiger partial charge in [-0.1, -0.05) is 94.1 Å². The van der Waals surface area contributed by atoms with Crippen molar-refractivity contribution in [1.82, 2.24) is 0 Å². The average Bonchev–Trinajstić information content (AvgIpc) is 2.94. The second kappa shape index (κ2) is 14.1. The van der Waals surface area contributed by atoms with Gasteiger partial charge in [-0.25, -0.2) is 13.2 Å². The van der Waals surface area contributed by atoms with Crippen LogP contribution in [0.1, 0.15) is 98.1 Å². The molecule has 3 aromatic carbocycles. The first-order valence-corrected chi connectivity index (χ1v) is 14.3. The molecule has 3 heteroatoms. The van der Waals surface area contributed by atoms with Gasteiger partial charge in [0, 0.05) is 22.3 Å². The molecule has 0 spiro atoms. The number of benzene rings is 3. The molecular weight excluding hydrogens is 489 g/mol. The van der Waals surface area contributed by atoms with Gasteiger partial charge in [-0.3, -0.25) is 0 Å². The standard InChI is InChI=1S/C36H37F3/c1-3-4-5-6-27-7-9-28(10-8-27)11-12-29-13-15-30(16-14-29)17-18-31-19-21-33(26(2)23-31)22-20-32-24-34(37)36(39)35(38)25-32/h13-16,19,21,23-25,27-28H,3-12H2,1-2H3. The molecule has 0 N–H and O–H groups in total. The predicted octanol–water partition coefficient (Wildman–Crippen LogP) is 9.53. The fourth-order valence-corrected chi connectivity index (χ4v) is 5.41. The van der Waals surface area contributed by atoms with E-state index in [-0.39, 0.29) is 5.56 Å². The summed E-state index contributed by atoms with van der Waals surface area (Å²) in [6, 6.07) is 16.0. The zero-order valence-electron chi connectivity index (χ0n) is 23.1. The molecule has 3 aromatic rings. The number of hydrogen-bond acceptors (Lipinski definition) is 0. The predicted molar refractivity (Wildman–Crippen MR) is 154 cm³/mol. The van der Waals surface area contributed by atoms with Crippen LogP contribution in [0.5, 0.6) is 0 Å². The lowest BCUT2D eigenvalue weighted by Gasteiger charge is -2.28. The zero-order valence-corrected chi connectivity index (χ0v) is 23.1. The Labute approximate surface area is 232 Å². The summed E-state index contributed by atoms with van der Waals surface area (Å²) in [6.07, 6.45) is 13.6. The van der Waals surface area contributed by atoms with E-state index >= 15 is 0 Å². The summed E-state index contributed by atoms with van der Waals surface area (Å²) in [7, 11) is 0. The number of unbranched alkanes of at least 4 members (excludes halogenated alkanes) is 2. The number of halogens is 3. The van der Waals surface area contributed by atoms with Gasteiger partial charge in [-0.05, 0) is 85.2 Å². The van der Waals surface area contributed by atoms with Crippen molar-refractivity contribution in [2.45, 2.75) is 78.1 Å². The maximum absolute atomic E-state index is 13.4. The molecule has 0 heterocycles. The van der Waals surface area contributed by atoms with Crippen molar-refractivity contribution in [3.05, 3.63) is 105 Å². The third-order valence-corrected chi connectivity index (χ3v) is 7.88. The van der Waals surface area contributed by atoms with Crippen molar-refractivity contribution in [2.24, 2.45) is 11.8 Å². The fourth-order valence-electron chi connectivity index (χ4n) is 5.41. The molecule has 1 fully saturated rings. The highest BCUT2D eigenvalue weighted by molar-refractivity contribution is 5.51. The molecule has 0 aliphatic heterocycles. The molecule has 1 aliphatic carbocycles. The van der Waals surface area contributed by atoms with Gasteiger partial charge in [0.2, 0.25) is 0 Å². The molecule has 1 aliphatic rings. The summed E-state index contributed by atoms with van der Waals surface area (Å²) < 4.78 is 40.0. The van der Waals surface area contributed by atoms with Gasteiger partial charge in [0.15, 0.2) is 17.5 Å². The van der Waals surface area contributed by atoms with Crippen LogP contribution in [0.15, 0.2) is 54.6 Å². The molecule has 0 unspecified atom stereocenters. The lowest BCUT2D eigenvalue weighted by atomic mass is 9.78. The summed E-state index contributed by atoms with van der Waals surface area (Å²) in [6.45, 7) is 4.19. The fraction of sp³-hybridized carbons (Fsp3) is 0.389. The molecule has 0 amide bonds. The van der Waals surface area contributed by atoms with Crippen molar-refractivity contribution in [3.8, 4) is 23.7 Å². The number of rotatable bonds is 7. The van der Waals surface area contributed by atoms with E-state index in [9.17, 15) is 13.2 Å². The lowest BCUT2D eigenvalue weighted by molar-refractivity contribution is 0.249. The van der Waals surface area contributed by atoms with Crippen LogP contribution in [-0.4, -0.2) is 0 Å². The van der Waals surface area contributed by atoms with E-state index in [1.54, 1.807) is 0 Å². The molecule has 202 valence electrons. The Morgan fingerprint density at radius 2 is 1.26 bits per heavy atom. The van der Waals surface area contributed by atoms with E-state index in [1.807, 2.05) is 25.1 Å². The molecule has 0 atom stereocenters.